The molecule has 12 aromatic rings. The third-order valence-corrected chi connectivity index (χ3v) is 12.2. The minimum absolute atomic E-state index is 1.02. The lowest BCUT2D eigenvalue weighted by Gasteiger charge is -2.12. The van der Waals surface area contributed by atoms with E-state index in [2.05, 4.69) is 174 Å². The molecule has 0 N–H and O–H groups in total. The maximum absolute atomic E-state index is 5.21. The van der Waals surface area contributed by atoms with Gasteiger partial charge in [0.25, 0.3) is 0 Å². The Morgan fingerprint density at radius 3 is 1.73 bits per heavy atom. The predicted molar refractivity (Wildman–Crippen MR) is 223 cm³/mol. The van der Waals surface area contributed by atoms with Crippen molar-refractivity contribution in [3.8, 4) is 33.5 Å². The Bertz CT molecular complexity index is 3320. The van der Waals surface area contributed by atoms with Gasteiger partial charge >= 0.3 is 0 Å². The van der Waals surface area contributed by atoms with Crippen molar-refractivity contribution in [1.29, 1.82) is 0 Å². The van der Waals surface area contributed by atoms with Gasteiger partial charge in [-0.25, -0.2) is 4.98 Å². The highest BCUT2D eigenvalue weighted by Crippen LogP contribution is 2.45. The van der Waals surface area contributed by atoms with Crippen LogP contribution in [0.1, 0.15) is 0 Å². The second-order valence-electron chi connectivity index (χ2n) is 13.9. The van der Waals surface area contributed by atoms with Gasteiger partial charge in [0, 0.05) is 63.4 Å². The summed E-state index contributed by atoms with van der Waals surface area (Å²) in [4.78, 5) is 5.21. The molecule has 2 nitrogen and oxygen atoms in total. The molecule has 8 aromatic carbocycles. The Labute approximate surface area is 302 Å². The molecule has 0 aliphatic heterocycles. The third kappa shape index (κ3) is 3.86. The molecule has 0 unspecified atom stereocenters. The number of hydrogen-bond acceptors (Lipinski definition) is 2. The Kier molecular flexibility index (Phi) is 5.68. The van der Waals surface area contributed by atoms with Gasteiger partial charge in [0.15, 0.2) is 0 Å². The highest BCUT2D eigenvalue weighted by Gasteiger charge is 2.20. The predicted octanol–water partition coefficient (Wildman–Crippen LogP) is 13.9. The molecule has 0 saturated heterocycles. The summed E-state index contributed by atoms with van der Waals surface area (Å²) in [5, 5.41) is 11.5. The molecule has 0 spiro atoms. The molecule has 0 aliphatic carbocycles. The Hall–Kier alpha value is -6.55. The van der Waals surface area contributed by atoms with E-state index in [9.17, 15) is 0 Å². The van der Waals surface area contributed by atoms with E-state index in [1.807, 2.05) is 11.3 Å². The van der Waals surface area contributed by atoms with Gasteiger partial charge in [-0.3, -0.25) is 0 Å². The quantitative estimate of drug-likeness (QED) is 0.170. The van der Waals surface area contributed by atoms with Crippen LogP contribution in [0, 0.1) is 0 Å². The fourth-order valence-electron chi connectivity index (χ4n) is 8.80. The van der Waals surface area contributed by atoms with E-state index in [1.54, 1.807) is 0 Å². The fraction of sp³-hybridized carbons (Fsp3) is 0. The lowest BCUT2D eigenvalue weighted by Crippen LogP contribution is -1.90. The monoisotopic (exact) mass is 676 g/mol. The van der Waals surface area contributed by atoms with Crippen LogP contribution >= 0.6 is 11.3 Å². The Morgan fingerprint density at radius 1 is 0.365 bits per heavy atom. The van der Waals surface area contributed by atoms with Crippen molar-refractivity contribution in [2.45, 2.75) is 0 Å². The molecule has 4 aromatic heterocycles. The maximum atomic E-state index is 5.21. The smallest absolute Gasteiger partial charge is 0.0788 e. The molecular weight excluding hydrogens is 649 g/mol. The molecule has 12 rings (SSSR count). The number of thiophene rings is 1. The number of fused-ring (bicyclic) bond motifs is 13. The zero-order valence-electron chi connectivity index (χ0n) is 28.0. The van der Waals surface area contributed by atoms with E-state index < -0.39 is 0 Å². The van der Waals surface area contributed by atoms with Gasteiger partial charge in [-0.05, 0) is 76.9 Å². The minimum atomic E-state index is 1.02. The number of pyridine rings is 1. The van der Waals surface area contributed by atoms with E-state index >= 15 is 0 Å². The van der Waals surface area contributed by atoms with Crippen molar-refractivity contribution >= 4 is 91.3 Å². The number of para-hydroxylation sites is 3. The van der Waals surface area contributed by atoms with E-state index in [1.165, 1.54) is 96.7 Å². The highest BCUT2D eigenvalue weighted by atomic mass is 32.1. The summed E-state index contributed by atoms with van der Waals surface area (Å²) in [6.45, 7) is 0. The largest absolute Gasteiger partial charge is 0.308 e. The average Bonchev–Trinajstić information content (AvgIpc) is 3.87. The minimum Gasteiger partial charge on any atom is -0.308 e. The normalized spacial score (nSPS) is 12.2. The average molecular weight is 677 g/mol. The lowest BCUT2D eigenvalue weighted by atomic mass is 9.94. The van der Waals surface area contributed by atoms with Crippen molar-refractivity contribution in [2.24, 2.45) is 0 Å². The van der Waals surface area contributed by atoms with Crippen LogP contribution in [0.4, 0.5) is 0 Å². The zero-order valence-corrected chi connectivity index (χ0v) is 28.8. The van der Waals surface area contributed by atoms with Crippen molar-refractivity contribution in [1.82, 2.24) is 9.38 Å². The molecule has 0 amide bonds. The molecule has 0 bridgehead atoms. The van der Waals surface area contributed by atoms with Crippen LogP contribution in [0.25, 0.3) is 113 Å². The van der Waals surface area contributed by atoms with Gasteiger partial charge in [0.2, 0.25) is 0 Å². The first kappa shape index (κ1) is 28.2. The Morgan fingerprint density at radius 2 is 0.962 bits per heavy atom. The van der Waals surface area contributed by atoms with Crippen LogP contribution in [0.5, 0.6) is 0 Å². The van der Waals surface area contributed by atoms with Crippen LogP contribution < -0.4 is 0 Å². The molecule has 52 heavy (non-hydrogen) atoms. The molecular formula is C49H28N2S. The number of hydrogen-bond donors (Lipinski definition) is 0. The van der Waals surface area contributed by atoms with Crippen LogP contribution in [0.2, 0.25) is 0 Å². The summed E-state index contributed by atoms with van der Waals surface area (Å²) < 4.78 is 5.05. The number of benzene rings is 8. The van der Waals surface area contributed by atoms with Crippen molar-refractivity contribution in [3.05, 3.63) is 170 Å². The highest BCUT2D eigenvalue weighted by molar-refractivity contribution is 7.26. The Balaban J connectivity index is 1.08. The maximum Gasteiger partial charge on any atom is 0.0788 e. The van der Waals surface area contributed by atoms with Crippen LogP contribution in [0.3, 0.4) is 0 Å². The standard InChI is InChI=1S/C49H28N2S/c1-2-11-29(12-3-1)48-37-22-24-45-47(46(37)36-17-4-7-18-41(36)50-48)40-26-32(21-23-44(40)52-45)30-13-10-14-31(25-30)33-27-38-34-15-5-8-19-42(34)51-43-20-9-6-16-35(43)39(28-33)49(38)51/h1-28H. The summed E-state index contributed by atoms with van der Waals surface area (Å²) in [6.07, 6.45) is 0. The summed E-state index contributed by atoms with van der Waals surface area (Å²) in [5.74, 6) is 0. The van der Waals surface area contributed by atoms with Gasteiger partial charge in [0.05, 0.1) is 27.8 Å². The van der Waals surface area contributed by atoms with Crippen LogP contribution in [-0.2, 0) is 0 Å². The number of nitrogens with zero attached hydrogens (tertiary/aromatic N) is 2. The van der Waals surface area contributed by atoms with E-state index in [-0.39, 0.29) is 0 Å². The lowest BCUT2D eigenvalue weighted by molar-refractivity contribution is 1.37. The molecule has 0 atom stereocenters. The summed E-state index contributed by atoms with van der Waals surface area (Å²) in [5.41, 5.74) is 11.9. The van der Waals surface area contributed by atoms with Crippen LogP contribution in [-0.4, -0.2) is 9.38 Å². The first-order valence-corrected chi connectivity index (χ1v) is 18.6. The summed E-state index contributed by atoms with van der Waals surface area (Å²) in [6, 6.07) is 62.3. The molecule has 0 fully saturated rings. The number of rotatable bonds is 3. The molecule has 240 valence electrons. The summed E-state index contributed by atoms with van der Waals surface area (Å²) >= 11 is 1.87. The van der Waals surface area contributed by atoms with Gasteiger partial charge in [0.1, 0.15) is 0 Å². The number of aromatic nitrogens is 2. The SMILES string of the molecule is c1ccc(-c2nc3ccccc3c3c2ccc2sc4ccc(-c5cccc(-c6cc7c8ccccc8n8c9ccccc9c(c6)c78)c5)cc4c23)cc1. The van der Waals surface area contributed by atoms with Crippen molar-refractivity contribution < 1.29 is 0 Å². The zero-order chi connectivity index (χ0) is 33.9. The second kappa shape index (κ2) is 10.5. The first-order chi connectivity index (χ1) is 25.8. The van der Waals surface area contributed by atoms with E-state index in [0.717, 1.165) is 16.8 Å². The van der Waals surface area contributed by atoms with Gasteiger partial charge in [-0.2, -0.15) is 0 Å². The van der Waals surface area contributed by atoms with E-state index in [4.69, 9.17) is 4.98 Å². The van der Waals surface area contributed by atoms with Gasteiger partial charge in [-0.1, -0.05) is 115 Å². The summed E-state index contributed by atoms with van der Waals surface area (Å²) in [7, 11) is 0. The first-order valence-electron chi connectivity index (χ1n) is 17.8. The topological polar surface area (TPSA) is 17.3 Å². The second-order valence-corrected chi connectivity index (χ2v) is 15.0. The third-order valence-electron chi connectivity index (χ3n) is 11.1. The van der Waals surface area contributed by atoms with Crippen molar-refractivity contribution in [2.75, 3.05) is 0 Å². The van der Waals surface area contributed by atoms with E-state index in [0.29, 0.717) is 0 Å². The molecule has 0 aliphatic rings. The molecule has 4 heterocycles. The van der Waals surface area contributed by atoms with Crippen LogP contribution in [0.15, 0.2) is 170 Å². The fourth-order valence-corrected chi connectivity index (χ4v) is 9.89. The van der Waals surface area contributed by atoms with Gasteiger partial charge in [-0.15, -0.1) is 11.3 Å². The van der Waals surface area contributed by atoms with Gasteiger partial charge < -0.3 is 4.40 Å². The van der Waals surface area contributed by atoms with Crippen molar-refractivity contribution in [3.63, 3.8) is 0 Å². The molecule has 3 heteroatoms. The molecule has 0 saturated carbocycles. The molecule has 0 radical (unpaired) electrons.